The van der Waals surface area contributed by atoms with Gasteiger partial charge in [-0.15, -0.1) is 6.58 Å². The van der Waals surface area contributed by atoms with Gasteiger partial charge in [0.25, 0.3) is 0 Å². The lowest BCUT2D eigenvalue weighted by atomic mass is 10.1. The third-order valence-electron chi connectivity index (χ3n) is 2.14. The van der Waals surface area contributed by atoms with E-state index in [0.29, 0.717) is 0 Å². The van der Waals surface area contributed by atoms with Crippen LogP contribution in [0.5, 0.6) is 0 Å². The Balaban J connectivity index is 3.23. The fourth-order valence-corrected chi connectivity index (χ4v) is 1.25. The quantitative estimate of drug-likeness (QED) is 0.540. The Kier molecular flexibility index (Phi) is 3.50. The average Bonchev–Trinajstić information content (AvgIpc) is 2.23. The van der Waals surface area contributed by atoms with Crippen molar-refractivity contribution in [3.05, 3.63) is 36.2 Å². The Morgan fingerprint density at radius 1 is 1.69 bits per heavy atom. The van der Waals surface area contributed by atoms with Crippen LogP contribution in [0.25, 0.3) is 0 Å². The molecule has 0 saturated heterocycles. The van der Waals surface area contributed by atoms with E-state index in [-0.39, 0.29) is 23.0 Å². The lowest BCUT2D eigenvalue weighted by Crippen LogP contribution is -2.16. The van der Waals surface area contributed by atoms with Crippen LogP contribution in [0, 0.1) is 5.82 Å². The second kappa shape index (κ2) is 4.65. The number of benzene rings is 1. The molecule has 0 bridgehead atoms. The van der Waals surface area contributed by atoms with Gasteiger partial charge in [-0.05, 0) is 19.1 Å². The number of nitrogens with one attached hydrogen (secondary N) is 1. The Morgan fingerprint density at radius 3 is 2.81 bits per heavy atom. The van der Waals surface area contributed by atoms with E-state index in [1.807, 2.05) is 0 Å². The minimum atomic E-state index is -1.27. The van der Waals surface area contributed by atoms with Crippen LogP contribution in [0.3, 0.4) is 0 Å². The van der Waals surface area contributed by atoms with Crippen molar-refractivity contribution in [1.29, 1.82) is 0 Å². The van der Waals surface area contributed by atoms with Crippen LogP contribution in [-0.2, 0) is 0 Å². The van der Waals surface area contributed by atoms with E-state index < -0.39 is 11.8 Å². The monoisotopic (exact) mass is 224 g/mol. The molecule has 5 heteroatoms. The summed E-state index contributed by atoms with van der Waals surface area (Å²) in [6, 6.07) is 2.33. The van der Waals surface area contributed by atoms with Crippen LogP contribution in [0.4, 0.5) is 15.8 Å². The normalized spacial score (nSPS) is 11.9. The number of hydrogen-bond acceptors (Lipinski definition) is 3. The van der Waals surface area contributed by atoms with Crippen LogP contribution in [0.2, 0.25) is 0 Å². The number of anilines is 2. The zero-order valence-corrected chi connectivity index (χ0v) is 8.83. The molecule has 0 aliphatic rings. The third-order valence-corrected chi connectivity index (χ3v) is 2.14. The van der Waals surface area contributed by atoms with Gasteiger partial charge in [0.1, 0.15) is 11.4 Å². The van der Waals surface area contributed by atoms with Gasteiger partial charge in [0.15, 0.2) is 0 Å². The number of hydrogen-bond donors (Lipinski definition) is 3. The number of halogens is 1. The van der Waals surface area contributed by atoms with Crippen molar-refractivity contribution < 1.29 is 14.3 Å². The smallest absolute Gasteiger partial charge is 0.340 e. The first-order chi connectivity index (χ1) is 7.47. The Hall–Kier alpha value is -2.04. The zero-order chi connectivity index (χ0) is 12.3. The van der Waals surface area contributed by atoms with E-state index in [2.05, 4.69) is 11.9 Å². The molecule has 1 unspecified atom stereocenters. The summed E-state index contributed by atoms with van der Waals surface area (Å²) in [6.07, 6.45) is 1.60. The van der Waals surface area contributed by atoms with E-state index in [1.165, 1.54) is 6.07 Å². The highest BCUT2D eigenvalue weighted by Gasteiger charge is 2.17. The molecule has 0 aromatic heterocycles. The molecule has 0 fully saturated rings. The SMILES string of the molecule is C=CC(C)Nc1ccc(F)c(N)c1C(=O)O. The second-order valence-corrected chi connectivity index (χ2v) is 3.36. The van der Waals surface area contributed by atoms with E-state index >= 15 is 0 Å². The van der Waals surface area contributed by atoms with E-state index in [9.17, 15) is 9.18 Å². The summed E-state index contributed by atoms with van der Waals surface area (Å²) in [4.78, 5) is 11.0. The summed E-state index contributed by atoms with van der Waals surface area (Å²) in [5, 5.41) is 11.8. The molecule has 0 heterocycles. The minimum Gasteiger partial charge on any atom is -0.478 e. The second-order valence-electron chi connectivity index (χ2n) is 3.36. The Bertz CT molecular complexity index is 432. The number of carbonyl (C=O) groups is 1. The molecular weight excluding hydrogens is 211 g/mol. The number of rotatable bonds is 4. The molecule has 4 N–H and O–H groups in total. The molecule has 1 aromatic carbocycles. The van der Waals surface area contributed by atoms with Crippen LogP contribution in [0.1, 0.15) is 17.3 Å². The molecule has 4 nitrogen and oxygen atoms in total. The fraction of sp³-hybridized carbons (Fsp3) is 0.182. The maximum atomic E-state index is 13.1. The predicted molar refractivity (Wildman–Crippen MR) is 61.1 cm³/mol. The summed E-state index contributed by atoms with van der Waals surface area (Å²) in [6.45, 7) is 5.35. The molecule has 0 saturated carbocycles. The summed E-state index contributed by atoms with van der Waals surface area (Å²) in [5.41, 5.74) is 5.03. The average molecular weight is 224 g/mol. The van der Waals surface area contributed by atoms with Crippen molar-refractivity contribution in [2.75, 3.05) is 11.1 Å². The van der Waals surface area contributed by atoms with Crippen molar-refractivity contribution >= 4 is 17.3 Å². The van der Waals surface area contributed by atoms with Gasteiger partial charge in [0.05, 0.1) is 11.4 Å². The highest BCUT2D eigenvalue weighted by Crippen LogP contribution is 2.25. The van der Waals surface area contributed by atoms with Gasteiger partial charge >= 0.3 is 5.97 Å². The van der Waals surface area contributed by atoms with Gasteiger partial charge in [-0.25, -0.2) is 9.18 Å². The van der Waals surface area contributed by atoms with Gasteiger partial charge in [0, 0.05) is 6.04 Å². The first kappa shape index (κ1) is 12.0. The lowest BCUT2D eigenvalue weighted by Gasteiger charge is -2.14. The number of aromatic carboxylic acids is 1. The van der Waals surface area contributed by atoms with Gasteiger partial charge in [-0.1, -0.05) is 6.08 Å². The number of nitrogen functional groups attached to an aromatic ring is 1. The van der Waals surface area contributed by atoms with Gasteiger partial charge in [-0.2, -0.15) is 0 Å². The summed E-state index contributed by atoms with van der Waals surface area (Å²) >= 11 is 0. The first-order valence-corrected chi connectivity index (χ1v) is 4.67. The van der Waals surface area contributed by atoms with Gasteiger partial charge < -0.3 is 16.2 Å². The molecular formula is C11H13FN2O2. The summed E-state index contributed by atoms with van der Waals surface area (Å²) in [5.74, 6) is -2.01. The standard InChI is InChI=1S/C11H13FN2O2/c1-3-6(2)14-8-5-4-7(12)10(13)9(8)11(15)16/h3-6,14H,1,13H2,2H3,(H,15,16). The predicted octanol–water partition coefficient (Wildman–Crippen LogP) is 2.09. The molecule has 1 atom stereocenters. The topological polar surface area (TPSA) is 75.3 Å². The molecule has 0 aliphatic heterocycles. The van der Waals surface area contributed by atoms with Crippen LogP contribution in [0.15, 0.2) is 24.8 Å². The molecule has 86 valence electrons. The van der Waals surface area contributed by atoms with Gasteiger partial charge in [-0.3, -0.25) is 0 Å². The van der Waals surface area contributed by atoms with Crippen molar-refractivity contribution in [3.63, 3.8) is 0 Å². The summed E-state index contributed by atoms with van der Waals surface area (Å²) in [7, 11) is 0. The van der Waals surface area contributed by atoms with Crippen molar-refractivity contribution in [2.24, 2.45) is 0 Å². The van der Waals surface area contributed by atoms with Gasteiger partial charge in [0.2, 0.25) is 0 Å². The number of nitrogens with two attached hydrogens (primary N) is 1. The van der Waals surface area contributed by atoms with E-state index in [0.717, 1.165) is 6.07 Å². The largest absolute Gasteiger partial charge is 0.478 e. The molecule has 0 radical (unpaired) electrons. The zero-order valence-electron chi connectivity index (χ0n) is 8.83. The highest BCUT2D eigenvalue weighted by molar-refractivity contribution is 6.00. The molecule has 16 heavy (non-hydrogen) atoms. The minimum absolute atomic E-state index is 0.136. The first-order valence-electron chi connectivity index (χ1n) is 4.67. The highest BCUT2D eigenvalue weighted by atomic mass is 19.1. The molecule has 1 rings (SSSR count). The van der Waals surface area contributed by atoms with Crippen LogP contribution >= 0.6 is 0 Å². The van der Waals surface area contributed by atoms with Crippen molar-refractivity contribution in [3.8, 4) is 0 Å². The van der Waals surface area contributed by atoms with E-state index in [1.54, 1.807) is 13.0 Å². The molecule has 0 aliphatic carbocycles. The number of carboxylic acids is 1. The number of carboxylic acid groups (broad SMARTS) is 1. The molecule has 0 amide bonds. The Morgan fingerprint density at radius 2 is 2.31 bits per heavy atom. The molecule has 1 aromatic rings. The van der Waals surface area contributed by atoms with E-state index in [4.69, 9.17) is 10.8 Å². The summed E-state index contributed by atoms with van der Waals surface area (Å²) < 4.78 is 13.1. The van der Waals surface area contributed by atoms with Crippen LogP contribution in [-0.4, -0.2) is 17.1 Å². The molecule has 0 spiro atoms. The van der Waals surface area contributed by atoms with Crippen molar-refractivity contribution in [2.45, 2.75) is 13.0 Å². The van der Waals surface area contributed by atoms with Crippen LogP contribution < -0.4 is 11.1 Å². The van der Waals surface area contributed by atoms with Crippen molar-refractivity contribution in [1.82, 2.24) is 0 Å². The fourth-order valence-electron chi connectivity index (χ4n) is 1.25. The maximum Gasteiger partial charge on any atom is 0.340 e. The lowest BCUT2D eigenvalue weighted by molar-refractivity contribution is 0.0698. The third kappa shape index (κ3) is 2.31. The maximum absolute atomic E-state index is 13.1. The Labute approximate surface area is 92.6 Å².